The number of hydrogen-bond acceptors (Lipinski definition) is 3. The number of furan rings is 1. The standard InChI is InChI=1S/C20H21N3O2/c24-20(18-14-17(21-22-18)19-9-5-13-25-19)23-12-4-8-16(23)11-10-15-6-2-1-3-7-15/h1-3,5-7,9,13-14,16H,4,8,10-12H2,(H,21,22)/t16-/m1/s1. The maximum Gasteiger partial charge on any atom is 0.274 e. The lowest BCUT2D eigenvalue weighted by atomic mass is 10.0. The second-order valence-electron chi connectivity index (χ2n) is 6.46. The molecule has 0 spiro atoms. The Morgan fingerprint density at radius 2 is 2.12 bits per heavy atom. The molecule has 0 saturated carbocycles. The highest BCUT2D eigenvalue weighted by atomic mass is 16.3. The van der Waals surface area contributed by atoms with Gasteiger partial charge in [-0.2, -0.15) is 5.10 Å². The van der Waals surface area contributed by atoms with Crippen molar-refractivity contribution in [2.75, 3.05) is 6.54 Å². The zero-order chi connectivity index (χ0) is 17.1. The highest BCUT2D eigenvalue weighted by Crippen LogP contribution is 2.25. The minimum absolute atomic E-state index is 0.00428. The number of benzene rings is 1. The highest BCUT2D eigenvalue weighted by molar-refractivity contribution is 5.93. The van der Waals surface area contributed by atoms with Gasteiger partial charge in [-0.05, 0) is 43.4 Å². The maximum absolute atomic E-state index is 12.9. The number of hydrogen-bond donors (Lipinski definition) is 1. The molecule has 3 heterocycles. The fraction of sp³-hybridized carbons (Fsp3) is 0.300. The van der Waals surface area contributed by atoms with Crippen LogP contribution < -0.4 is 0 Å². The zero-order valence-electron chi connectivity index (χ0n) is 14.0. The molecule has 4 rings (SSSR count). The van der Waals surface area contributed by atoms with E-state index in [0.29, 0.717) is 11.5 Å². The molecule has 1 saturated heterocycles. The number of aromatic amines is 1. The first-order chi connectivity index (χ1) is 12.3. The smallest absolute Gasteiger partial charge is 0.274 e. The largest absolute Gasteiger partial charge is 0.463 e. The Morgan fingerprint density at radius 3 is 2.92 bits per heavy atom. The summed E-state index contributed by atoms with van der Waals surface area (Å²) in [5.41, 5.74) is 2.51. The lowest BCUT2D eigenvalue weighted by Gasteiger charge is -2.24. The van der Waals surface area contributed by atoms with Gasteiger partial charge >= 0.3 is 0 Å². The molecule has 25 heavy (non-hydrogen) atoms. The number of aryl methyl sites for hydroxylation is 1. The number of likely N-dealkylation sites (tertiary alicyclic amines) is 1. The van der Waals surface area contributed by atoms with Crippen molar-refractivity contribution in [3.8, 4) is 11.5 Å². The van der Waals surface area contributed by atoms with Crippen molar-refractivity contribution in [1.29, 1.82) is 0 Å². The highest BCUT2D eigenvalue weighted by Gasteiger charge is 2.30. The number of H-pyrrole nitrogens is 1. The van der Waals surface area contributed by atoms with Crippen LogP contribution in [0.25, 0.3) is 11.5 Å². The van der Waals surface area contributed by atoms with E-state index in [1.54, 1.807) is 12.3 Å². The van der Waals surface area contributed by atoms with Crippen molar-refractivity contribution in [2.45, 2.75) is 31.7 Å². The Kier molecular flexibility index (Phi) is 4.37. The second kappa shape index (κ2) is 6.97. The van der Waals surface area contributed by atoms with Gasteiger partial charge in [-0.1, -0.05) is 30.3 Å². The molecule has 128 valence electrons. The molecule has 1 atom stereocenters. The number of rotatable bonds is 5. The summed E-state index contributed by atoms with van der Waals surface area (Å²) in [5.74, 6) is 0.693. The maximum atomic E-state index is 12.9. The molecule has 0 radical (unpaired) electrons. The molecule has 1 fully saturated rings. The lowest BCUT2D eigenvalue weighted by Crippen LogP contribution is -2.36. The van der Waals surface area contributed by atoms with Gasteiger partial charge in [-0.3, -0.25) is 9.89 Å². The van der Waals surface area contributed by atoms with Crippen LogP contribution in [0.5, 0.6) is 0 Å². The number of carbonyl (C=O) groups is 1. The first kappa shape index (κ1) is 15.7. The van der Waals surface area contributed by atoms with Gasteiger partial charge < -0.3 is 9.32 Å². The van der Waals surface area contributed by atoms with E-state index in [-0.39, 0.29) is 11.9 Å². The average Bonchev–Trinajstić information content (AvgIpc) is 3.41. The minimum Gasteiger partial charge on any atom is -0.463 e. The Morgan fingerprint density at radius 1 is 1.24 bits per heavy atom. The molecule has 1 aromatic carbocycles. The van der Waals surface area contributed by atoms with Crippen LogP contribution >= 0.6 is 0 Å². The molecule has 1 aliphatic heterocycles. The summed E-state index contributed by atoms with van der Waals surface area (Å²) in [6, 6.07) is 16.2. The van der Waals surface area contributed by atoms with Crippen molar-refractivity contribution >= 4 is 5.91 Å². The molecule has 3 aromatic rings. The van der Waals surface area contributed by atoms with E-state index in [1.807, 2.05) is 23.1 Å². The summed E-state index contributed by atoms with van der Waals surface area (Å²) in [5, 5.41) is 7.09. The number of nitrogens with zero attached hydrogens (tertiary/aromatic N) is 2. The van der Waals surface area contributed by atoms with Crippen LogP contribution in [0.4, 0.5) is 0 Å². The zero-order valence-corrected chi connectivity index (χ0v) is 14.0. The van der Waals surface area contributed by atoms with E-state index in [2.05, 4.69) is 34.5 Å². The Hall–Kier alpha value is -2.82. The van der Waals surface area contributed by atoms with Gasteiger partial charge in [-0.25, -0.2) is 0 Å². The number of amides is 1. The van der Waals surface area contributed by atoms with E-state index in [4.69, 9.17) is 4.42 Å². The van der Waals surface area contributed by atoms with E-state index in [0.717, 1.165) is 37.9 Å². The van der Waals surface area contributed by atoms with Gasteiger partial charge in [0.25, 0.3) is 5.91 Å². The van der Waals surface area contributed by atoms with Crippen molar-refractivity contribution in [3.63, 3.8) is 0 Å². The molecule has 5 nitrogen and oxygen atoms in total. The molecule has 1 aliphatic rings. The average molecular weight is 335 g/mol. The molecule has 0 unspecified atom stereocenters. The Labute approximate surface area is 146 Å². The first-order valence-electron chi connectivity index (χ1n) is 8.75. The summed E-state index contributed by atoms with van der Waals surface area (Å²) in [4.78, 5) is 14.8. The third-order valence-electron chi connectivity index (χ3n) is 4.83. The van der Waals surface area contributed by atoms with Gasteiger partial charge in [0, 0.05) is 18.7 Å². The lowest BCUT2D eigenvalue weighted by molar-refractivity contribution is 0.0724. The molecule has 0 aliphatic carbocycles. The Bertz CT molecular complexity index is 824. The molecular weight excluding hydrogens is 314 g/mol. The second-order valence-corrected chi connectivity index (χ2v) is 6.46. The molecule has 5 heteroatoms. The van der Waals surface area contributed by atoms with Crippen molar-refractivity contribution < 1.29 is 9.21 Å². The monoisotopic (exact) mass is 335 g/mol. The van der Waals surface area contributed by atoms with E-state index in [1.165, 1.54) is 5.56 Å². The van der Waals surface area contributed by atoms with Crippen LogP contribution in [-0.2, 0) is 6.42 Å². The molecule has 2 aromatic heterocycles. The van der Waals surface area contributed by atoms with Crippen LogP contribution in [0, 0.1) is 0 Å². The predicted octanol–water partition coefficient (Wildman–Crippen LogP) is 3.91. The van der Waals surface area contributed by atoms with Crippen molar-refractivity contribution in [3.05, 3.63) is 66.1 Å². The van der Waals surface area contributed by atoms with Gasteiger partial charge in [0.05, 0.1) is 6.26 Å². The van der Waals surface area contributed by atoms with Gasteiger partial charge in [-0.15, -0.1) is 0 Å². The molecule has 1 amide bonds. The summed E-state index contributed by atoms with van der Waals surface area (Å²) in [7, 11) is 0. The quantitative estimate of drug-likeness (QED) is 0.769. The minimum atomic E-state index is 0.00428. The van der Waals surface area contributed by atoms with E-state index < -0.39 is 0 Å². The third-order valence-corrected chi connectivity index (χ3v) is 4.83. The number of aromatic nitrogens is 2. The normalized spacial score (nSPS) is 17.1. The summed E-state index contributed by atoms with van der Waals surface area (Å²) in [6.07, 6.45) is 5.71. The van der Waals surface area contributed by atoms with E-state index in [9.17, 15) is 4.79 Å². The fourth-order valence-electron chi connectivity index (χ4n) is 3.52. The SMILES string of the molecule is O=C(c1cc(-c2ccco2)[nH]n1)N1CCC[C@@H]1CCc1ccccc1. The van der Waals surface area contributed by atoms with Crippen LogP contribution in [0.15, 0.2) is 59.2 Å². The van der Waals surface area contributed by atoms with Crippen LogP contribution in [0.2, 0.25) is 0 Å². The van der Waals surface area contributed by atoms with Crippen molar-refractivity contribution in [2.24, 2.45) is 0 Å². The summed E-state index contributed by atoms with van der Waals surface area (Å²) < 4.78 is 5.35. The third kappa shape index (κ3) is 3.36. The van der Waals surface area contributed by atoms with Crippen LogP contribution in [0.1, 0.15) is 35.3 Å². The topological polar surface area (TPSA) is 62.1 Å². The van der Waals surface area contributed by atoms with Gasteiger partial charge in [0.1, 0.15) is 5.69 Å². The first-order valence-corrected chi connectivity index (χ1v) is 8.75. The number of nitrogens with one attached hydrogen (secondary N) is 1. The van der Waals surface area contributed by atoms with Gasteiger partial charge in [0.15, 0.2) is 11.5 Å². The summed E-state index contributed by atoms with van der Waals surface area (Å²) in [6.45, 7) is 0.807. The number of carbonyl (C=O) groups excluding carboxylic acids is 1. The van der Waals surface area contributed by atoms with Crippen molar-refractivity contribution in [1.82, 2.24) is 15.1 Å². The molecule has 0 bridgehead atoms. The summed E-state index contributed by atoms with van der Waals surface area (Å²) >= 11 is 0. The Balaban J connectivity index is 1.44. The molecule has 1 N–H and O–H groups in total. The van der Waals surface area contributed by atoms with Crippen LogP contribution in [-0.4, -0.2) is 33.6 Å². The predicted molar refractivity (Wildman–Crippen MR) is 95.1 cm³/mol. The molecular formula is C20H21N3O2. The van der Waals surface area contributed by atoms with Gasteiger partial charge in [0.2, 0.25) is 0 Å². The van der Waals surface area contributed by atoms with Crippen LogP contribution in [0.3, 0.4) is 0 Å². The van der Waals surface area contributed by atoms with E-state index >= 15 is 0 Å². The fourth-order valence-corrected chi connectivity index (χ4v) is 3.52.